The first-order valence-electron chi connectivity index (χ1n) is 7.45. The number of pyridine rings is 1. The van der Waals surface area contributed by atoms with Crippen molar-refractivity contribution in [2.24, 2.45) is 0 Å². The van der Waals surface area contributed by atoms with Gasteiger partial charge in [0.1, 0.15) is 0 Å². The maximum absolute atomic E-state index is 12.2. The van der Waals surface area contributed by atoms with E-state index in [-0.39, 0.29) is 17.4 Å². The van der Waals surface area contributed by atoms with E-state index in [2.05, 4.69) is 15.6 Å². The summed E-state index contributed by atoms with van der Waals surface area (Å²) in [5.41, 5.74) is 1.52. The van der Waals surface area contributed by atoms with Crippen LogP contribution in [0, 0.1) is 0 Å². The highest BCUT2D eigenvalue weighted by atomic mass is 16.2. The normalized spacial score (nSPS) is 10.9. The maximum atomic E-state index is 12.2. The lowest BCUT2D eigenvalue weighted by Crippen LogP contribution is -2.40. The van der Waals surface area contributed by atoms with E-state index in [4.69, 9.17) is 0 Å². The van der Waals surface area contributed by atoms with Crippen LogP contribution in [-0.2, 0) is 6.54 Å². The summed E-state index contributed by atoms with van der Waals surface area (Å²) in [5.74, 6) is -0.418. The van der Waals surface area contributed by atoms with Crippen molar-refractivity contribution < 1.29 is 9.59 Å². The van der Waals surface area contributed by atoms with Gasteiger partial charge >= 0.3 is 0 Å². The Hall–Kier alpha value is -2.69. The molecule has 1 heterocycles. The molecule has 23 heavy (non-hydrogen) atoms. The lowest BCUT2D eigenvalue weighted by Gasteiger charge is -2.20. The summed E-state index contributed by atoms with van der Waals surface area (Å²) in [6, 6.07) is 10.4. The van der Waals surface area contributed by atoms with Gasteiger partial charge in [-0.1, -0.05) is 12.1 Å². The van der Waals surface area contributed by atoms with Crippen LogP contribution in [0.5, 0.6) is 0 Å². The molecule has 2 rings (SSSR count). The minimum atomic E-state index is -0.324. The average Bonchev–Trinajstić information content (AvgIpc) is 2.52. The second-order valence-corrected chi connectivity index (χ2v) is 6.33. The molecule has 5 heteroatoms. The van der Waals surface area contributed by atoms with Crippen molar-refractivity contribution in [3.63, 3.8) is 0 Å². The lowest BCUT2D eigenvalue weighted by atomic mass is 10.1. The summed E-state index contributed by atoms with van der Waals surface area (Å²) in [6.45, 7) is 6.13. The van der Waals surface area contributed by atoms with Crippen LogP contribution in [0.15, 0.2) is 48.8 Å². The van der Waals surface area contributed by atoms with E-state index >= 15 is 0 Å². The number of amides is 2. The smallest absolute Gasteiger partial charge is 0.251 e. The van der Waals surface area contributed by atoms with Gasteiger partial charge in [-0.15, -0.1) is 0 Å². The molecule has 2 N–H and O–H groups in total. The Morgan fingerprint density at radius 3 is 2.35 bits per heavy atom. The highest BCUT2D eigenvalue weighted by Gasteiger charge is 2.16. The Morgan fingerprint density at radius 1 is 1.04 bits per heavy atom. The van der Waals surface area contributed by atoms with Crippen LogP contribution in [0.25, 0.3) is 0 Å². The summed E-state index contributed by atoms with van der Waals surface area (Å²) in [4.78, 5) is 28.4. The molecule has 0 unspecified atom stereocenters. The predicted molar refractivity (Wildman–Crippen MR) is 89.1 cm³/mol. The third-order valence-electron chi connectivity index (χ3n) is 3.05. The fourth-order valence-electron chi connectivity index (χ4n) is 2.00. The van der Waals surface area contributed by atoms with Gasteiger partial charge in [-0.2, -0.15) is 0 Å². The van der Waals surface area contributed by atoms with Crippen LogP contribution in [0.3, 0.4) is 0 Å². The number of carbonyl (C=O) groups excluding carboxylic acids is 2. The van der Waals surface area contributed by atoms with Crippen molar-refractivity contribution in [3.05, 3.63) is 65.5 Å². The highest BCUT2D eigenvalue weighted by Crippen LogP contribution is 2.08. The summed E-state index contributed by atoms with van der Waals surface area (Å²) >= 11 is 0. The standard InChI is InChI=1S/C18H21N3O2/c1-18(2,3)21-17(23)15-8-4-7-14(10-15)16(22)20-12-13-6-5-9-19-11-13/h4-11H,12H2,1-3H3,(H,20,22)(H,21,23). The third-order valence-corrected chi connectivity index (χ3v) is 3.05. The molecule has 0 spiro atoms. The minimum Gasteiger partial charge on any atom is -0.348 e. The molecule has 120 valence electrons. The molecule has 0 fully saturated rings. The van der Waals surface area contributed by atoms with Crippen LogP contribution in [0.1, 0.15) is 47.1 Å². The summed E-state index contributed by atoms with van der Waals surface area (Å²) < 4.78 is 0. The molecular formula is C18H21N3O2. The van der Waals surface area contributed by atoms with E-state index in [9.17, 15) is 9.59 Å². The lowest BCUT2D eigenvalue weighted by molar-refractivity contribution is 0.0919. The fourth-order valence-corrected chi connectivity index (χ4v) is 2.00. The number of aromatic nitrogens is 1. The summed E-state index contributed by atoms with van der Waals surface area (Å²) in [6.07, 6.45) is 3.39. The second-order valence-electron chi connectivity index (χ2n) is 6.33. The van der Waals surface area contributed by atoms with Crippen molar-refractivity contribution in [2.45, 2.75) is 32.9 Å². The molecule has 1 aromatic heterocycles. The zero-order chi connectivity index (χ0) is 16.9. The first-order chi connectivity index (χ1) is 10.8. The molecule has 0 aliphatic heterocycles. The first kappa shape index (κ1) is 16.7. The molecule has 0 saturated carbocycles. The highest BCUT2D eigenvalue weighted by molar-refractivity contribution is 5.99. The quantitative estimate of drug-likeness (QED) is 0.911. The number of hydrogen-bond donors (Lipinski definition) is 2. The van der Waals surface area contributed by atoms with E-state index < -0.39 is 0 Å². The topological polar surface area (TPSA) is 71.1 Å². The number of carbonyl (C=O) groups is 2. The zero-order valence-electron chi connectivity index (χ0n) is 13.6. The van der Waals surface area contributed by atoms with E-state index in [0.29, 0.717) is 17.7 Å². The van der Waals surface area contributed by atoms with E-state index in [1.54, 1.807) is 36.7 Å². The van der Waals surface area contributed by atoms with Gasteiger partial charge in [0.15, 0.2) is 0 Å². The monoisotopic (exact) mass is 311 g/mol. The zero-order valence-corrected chi connectivity index (χ0v) is 13.6. The van der Waals surface area contributed by atoms with Crippen LogP contribution in [-0.4, -0.2) is 22.3 Å². The predicted octanol–water partition coefficient (Wildman–Crippen LogP) is 2.54. The van der Waals surface area contributed by atoms with Crippen molar-refractivity contribution in [2.75, 3.05) is 0 Å². The van der Waals surface area contributed by atoms with Crippen LogP contribution >= 0.6 is 0 Å². The van der Waals surface area contributed by atoms with Crippen molar-refractivity contribution in [1.29, 1.82) is 0 Å². The number of benzene rings is 1. The third kappa shape index (κ3) is 5.21. The summed E-state index contributed by atoms with van der Waals surface area (Å²) in [7, 11) is 0. The molecule has 0 aliphatic rings. The van der Waals surface area contributed by atoms with Gasteiger partial charge in [0.05, 0.1) is 0 Å². The van der Waals surface area contributed by atoms with E-state index in [0.717, 1.165) is 5.56 Å². The van der Waals surface area contributed by atoms with Crippen LogP contribution in [0.4, 0.5) is 0 Å². The molecule has 0 saturated heterocycles. The van der Waals surface area contributed by atoms with Gasteiger partial charge < -0.3 is 10.6 Å². The van der Waals surface area contributed by atoms with E-state index in [1.165, 1.54) is 0 Å². The van der Waals surface area contributed by atoms with Gasteiger partial charge in [0.2, 0.25) is 0 Å². The van der Waals surface area contributed by atoms with Crippen molar-refractivity contribution >= 4 is 11.8 Å². The SMILES string of the molecule is CC(C)(C)NC(=O)c1cccc(C(=O)NCc2cccnc2)c1. The van der Waals surface area contributed by atoms with Crippen molar-refractivity contribution in [1.82, 2.24) is 15.6 Å². The molecule has 0 atom stereocenters. The van der Waals surface area contributed by atoms with Gasteiger partial charge in [-0.05, 0) is 50.6 Å². The number of hydrogen-bond acceptors (Lipinski definition) is 3. The van der Waals surface area contributed by atoms with Gasteiger partial charge in [-0.25, -0.2) is 0 Å². The van der Waals surface area contributed by atoms with Gasteiger partial charge in [0.25, 0.3) is 11.8 Å². The number of rotatable bonds is 4. The molecule has 2 amide bonds. The second kappa shape index (κ2) is 7.05. The minimum absolute atomic E-state index is 0.195. The Bertz CT molecular complexity index is 691. The largest absolute Gasteiger partial charge is 0.348 e. The van der Waals surface area contributed by atoms with Gasteiger partial charge in [-0.3, -0.25) is 14.6 Å². The Balaban J connectivity index is 2.04. The molecular weight excluding hydrogens is 290 g/mol. The van der Waals surface area contributed by atoms with Gasteiger partial charge in [0, 0.05) is 35.6 Å². The molecule has 0 radical (unpaired) electrons. The molecule has 0 aliphatic carbocycles. The molecule has 1 aromatic carbocycles. The maximum Gasteiger partial charge on any atom is 0.251 e. The van der Waals surface area contributed by atoms with Crippen LogP contribution < -0.4 is 10.6 Å². The fraction of sp³-hybridized carbons (Fsp3) is 0.278. The Kier molecular flexibility index (Phi) is 5.11. The first-order valence-corrected chi connectivity index (χ1v) is 7.45. The molecule has 2 aromatic rings. The van der Waals surface area contributed by atoms with Crippen LogP contribution in [0.2, 0.25) is 0 Å². The molecule has 0 bridgehead atoms. The summed E-state index contributed by atoms with van der Waals surface area (Å²) in [5, 5.41) is 5.70. The Morgan fingerprint density at radius 2 is 1.74 bits per heavy atom. The average molecular weight is 311 g/mol. The van der Waals surface area contributed by atoms with Crippen molar-refractivity contribution in [3.8, 4) is 0 Å². The van der Waals surface area contributed by atoms with E-state index in [1.807, 2.05) is 32.9 Å². The molecule has 5 nitrogen and oxygen atoms in total. The Labute approximate surface area is 136 Å². The number of nitrogens with zero attached hydrogens (tertiary/aromatic N) is 1. The number of nitrogens with one attached hydrogen (secondary N) is 2.